The number of alkyl carbamates (subject to hydrolysis) is 1. The summed E-state index contributed by atoms with van der Waals surface area (Å²) >= 11 is 0. The summed E-state index contributed by atoms with van der Waals surface area (Å²) < 4.78 is 35.0. The van der Waals surface area contributed by atoms with E-state index in [1.54, 1.807) is 41.5 Å². The van der Waals surface area contributed by atoms with Crippen LogP contribution in [0, 0.1) is 0 Å². The number of likely N-dealkylation sites (N-methyl/N-ethyl adjacent to an activating group) is 1. The lowest BCUT2D eigenvalue weighted by atomic mass is 9.83. The number of ether oxygens (including phenoxy) is 6. The monoisotopic (exact) mass is 805 g/mol. The van der Waals surface area contributed by atoms with Crippen LogP contribution < -0.4 is 33.2 Å². The lowest BCUT2D eigenvalue weighted by Crippen LogP contribution is -2.70. The van der Waals surface area contributed by atoms with Gasteiger partial charge >= 0.3 is 12.2 Å². The fourth-order valence-corrected chi connectivity index (χ4v) is 6.62. The summed E-state index contributed by atoms with van der Waals surface area (Å²) in [6.07, 6.45) is -8.42. The Morgan fingerprint density at radius 3 is 2.27 bits per heavy atom. The van der Waals surface area contributed by atoms with Crippen molar-refractivity contribution in [2.75, 3.05) is 39.8 Å². The quantitative estimate of drug-likeness (QED) is 0.0818. The molecule has 3 rings (SSSR count). The van der Waals surface area contributed by atoms with Crippen LogP contribution in [0.2, 0.25) is 0 Å². The normalized spacial score (nSPS) is 33.0. The van der Waals surface area contributed by atoms with Crippen LogP contribution in [0.3, 0.4) is 0 Å². The molecule has 13 N–H and O–H groups in total. The smallest absolute Gasteiger partial charge is 0.410 e. The largest absolute Gasteiger partial charge is 0.467 e. The van der Waals surface area contributed by atoms with Gasteiger partial charge in [0.1, 0.15) is 53.1 Å². The fraction of sp³-hybridized carbons (Fsp3) is 0.861. The van der Waals surface area contributed by atoms with Crippen LogP contribution in [0.25, 0.3) is 0 Å². The van der Waals surface area contributed by atoms with E-state index in [1.807, 2.05) is 6.08 Å². The van der Waals surface area contributed by atoms with Gasteiger partial charge in [-0.1, -0.05) is 0 Å². The van der Waals surface area contributed by atoms with Crippen LogP contribution in [0.1, 0.15) is 74.1 Å². The molecule has 0 spiro atoms. The summed E-state index contributed by atoms with van der Waals surface area (Å²) in [4.78, 5) is 38.9. The van der Waals surface area contributed by atoms with Gasteiger partial charge in [-0.15, -0.1) is 0 Å². The molecule has 0 bridgehead atoms. The van der Waals surface area contributed by atoms with Gasteiger partial charge in [-0.3, -0.25) is 4.79 Å². The Bertz CT molecular complexity index is 1330. The van der Waals surface area contributed by atoms with Gasteiger partial charge in [-0.25, -0.2) is 9.59 Å². The van der Waals surface area contributed by atoms with Gasteiger partial charge in [-0.05, 0) is 93.3 Å². The van der Waals surface area contributed by atoms with Crippen molar-refractivity contribution in [3.63, 3.8) is 0 Å². The molecule has 0 aromatic heterocycles. The summed E-state index contributed by atoms with van der Waals surface area (Å²) in [6.45, 7) is 12.7. The number of amides is 3. The summed E-state index contributed by atoms with van der Waals surface area (Å²) in [5.41, 5.74) is 15.2. The average molecular weight is 806 g/mol. The summed E-state index contributed by atoms with van der Waals surface area (Å²) in [5.74, 6) is -0.252. The van der Waals surface area contributed by atoms with Crippen molar-refractivity contribution in [2.45, 2.75) is 158 Å². The second-order valence-corrected chi connectivity index (χ2v) is 16.9. The summed E-state index contributed by atoms with van der Waals surface area (Å²) in [7, 11) is 1.36. The molecular formula is C36H67N7O13. The first-order valence-corrected chi connectivity index (χ1v) is 19.1. The van der Waals surface area contributed by atoms with Crippen molar-refractivity contribution in [3.05, 3.63) is 11.8 Å². The van der Waals surface area contributed by atoms with Crippen molar-refractivity contribution in [1.29, 1.82) is 0 Å². The van der Waals surface area contributed by atoms with Crippen LogP contribution in [0.15, 0.2) is 11.8 Å². The molecule has 56 heavy (non-hydrogen) atoms. The summed E-state index contributed by atoms with van der Waals surface area (Å²) in [5, 5.41) is 53.5. The van der Waals surface area contributed by atoms with E-state index in [9.17, 15) is 34.8 Å². The lowest BCUT2D eigenvalue weighted by Gasteiger charge is -2.50. The van der Waals surface area contributed by atoms with E-state index >= 15 is 0 Å². The first kappa shape index (κ1) is 47.5. The highest BCUT2D eigenvalue weighted by Crippen LogP contribution is 2.34. The number of hydrogen-bond donors (Lipinski definition) is 10. The fourth-order valence-electron chi connectivity index (χ4n) is 6.62. The Hall–Kier alpha value is -2.89. The van der Waals surface area contributed by atoms with E-state index in [4.69, 9.17) is 45.6 Å². The number of nitrogens with two attached hydrogens (primary N) is 3. The molecule has 0 aromatic rings. The Balaban J connectivity index is 1.73. The standard InChI is InChI=1S/C36H67N7O13/c1-34(2,3)55-32(48)41-15-9-14-40-17-19-10-11-20(38)30(52-19)53-26-21(39)16-22(42-29(47)23(44)12-13-37)27(24(26)45)54-31-25(46)28(36(7,50)18-51-31)43(8)33(49)56-35(4,5)6/h10,20-28,30-31,40,44-46,50H,9,11-18,37-39H2,1-8H3,(H,41,48)(H,42,47)/t20-,21+,22-,23-,24+,25-,26-,27+,28-,30-,31-,36+/m1/s1. The van der Waals surface area contributed by atoms with Crippen LogP contribution >= 0.6 is 0 Å². The zero-order chi connectivity index (χ0) is 42.2. The van der Waals surface area contributed by atoms with E-state index in [-0.39, 0.29) is 19.4 Å². The zero-order valence-electron chi connectivity index (χ0n) is 33.9. The average Bonchev–Trinajstić information content (AvgIpc) is 3.06. The minimum atomic E-state index is -1.75. The molecule has 3 amide bonds. The number of aliphatic hydroxyl groups is 4. The van der Waals surface area contributed by atoms with E-state index in [0.29, 0.717) is 38.2 Å². The van der Waals surface area contributed by atoms with Crippen molar-refractivity contribution < 1.29 is 63.2 Å². The molecule has 1 aliphatic carbocycles. The molecule has 20 heteroatoms. The third-order valence-corrected chi connectivity index (χ3v) is 9.28. The molecule has 2 aliphatic heterocycles. The number of nitrogens with one attached hydrogen (secondary N) is 3. The maximum Gasteiger partial charge on any atom is 0.410 e. The number of aliphatic hydroxyl groups excluding tert-OH is 3. The molecule has 2 heterocycles. The number of carbonyl (C=O) groups is 3. The first-order chi connectivity index (χ1) is 25.9. The SMILES string of the molecule is CN(C(=O)OC(C)(C)C)[C@@H]1[C@@H](O)[C@@H](O[C@@H]2[C@@H](O)[C@H](O[C@H]3OC(CNCCCNC(=O)OC(C)(C)C)=CC[C@H]3N)[C@@H](N)C[C@H]2NC(=O)[C@H](O)CCN)OC[C@]1(C)O. The molecule has 324 valence electrons. The maximum absolute atomic E-state index is 13.0. The van der Waals surface area contributed by atoms with Crippen molar-refractivity contribution in [2.24, 2.45) is 17.2 Å². The second kappa shape index (κ2) is 20.2. The van der Waals surface area contributed by atoms with Gasteiger partial charge in [0.2, 0.25) is 12.2 Å². The molecule has 1 saturated heterocycles. The highest BCUT2D eigenvalue weighted by Gasteiger charge is 2.54. The van der Waals surface area contributed by atoms with Crippen molar-refractivity contribution >= 4 is 18.1 Å². The van der Waals surface area contributed by atoms with E-state index < -0.39 is 109 Å². The Morgan fingerprint density at radius 1 is 1.00 bits per heavy atom. The van der Waals surface area contributed by atoms with Crippen LogP contribution in [-0.4, -0.2) is 167 Å². The Labute approximate surface area is 329 Å². The third-order valence-electron chi connectivity index (χ3n) is 9.28. The van der Waals surface area contributed by atoms with Crippen LogP contribution in [-0.2, 0) is 33.2 Å². The van der Waals surface area contributed by atoms with E-state index in [0.717, 1.165) is 4.90 Å². The predicted molar refractivity (Wildman–Crippen MR) is 201 cm³/mol. The zero-order valence-corrected chi connectivity index (χ0v) is 33.9. The highest BCUT2D eigenvalue weighted by atomic mass is 16.7. The number of nitrogens with zero attached hydrogens (tertiary/aromatic N) is 1. The molecule has 3 aliphatic rings. The molecule has 0 unspecified atom stereocenters. The number of hydrogen-bond acceptors (Lipinski definition) is 17. The third kappa shape index (κ3) is 13.9. The van der Waals surface area contributed by atoms with Gasteiger partial charge in [0.05, 0.1) is 31.3 Å². The molecule has 2 fully saturated rings. The minimum absolute atomic E-state index is 0.0290. The molecule has 0 radical (unpaired) electrons. The number of rotatable bonds is 15. The summed E-state index contributed by atoms with van der Waals surface area (Å²) in [6, 6.07) is -3.88. The Kier molecular flexibility index (Phi) is 17.1. The second-order valence-electron chi connectivity index (χ2n) is 16.9. The molecule has 0 aromatic carbocycles. The Morgan fingerprint density at radius 2 is 1.64 bits per heavy atom. The van der Waals surface area contributed by atoms with Crippen molar-refractivity contribution in [3.8, 4) is 0 Å². The van der Waals surface area contributed by atoms with Crippen molar-refractivity contribution in [1.82, 2.24) is 20.9 Å². The van der Waals surface area contributed by atoms with Gasteiger partial charge < -0.3 is 86.9 Å². The van der Waals surface area contributed by atoms with Gasteiger partial charge in [0, 0.05) is 19.6 Å². The number of carbonyl (C=O) groups excluding carboxylic acids is 3. The molecular weight excluding hydrogens is 738 g/mol. The minimum Gasteiger partial charge on any atom is -0.467 e. The first-order valence-electron chi connectivity index (χ1n) is 19.1. The predicted octanol–water partition coefficient (Wildman–Crippen LogP) is -1.79. The highest BCUT2D eigenvalue weighted by molar-refractivity contribution is 5.80. The van der Waals surface area contributed by atoms with E-state index in [2.05, 4.69) is 16.0 Å². The van der Waals surface area contributed by atoms with Crippen LogP contribution in [0.4, 0.5) is 9.59 Å². The van der Waals surface area contributed by atoms with Gasteiger partial charge in [0.15, 0.2) is 6.29 Å². The molecule has 1 saturated carbocycles. The lowest BCUT2D eigenvalue weighted by molar-refractivity contribution is -0.310. The van der Waals surface area contributed by atoms with Crippen LogP contribution in [0.5, 0.6) is 0 Å². The van der Waals surface area contributed by atoms with E-state index in [1.165, 1.54) is 14.0 Å². The molecule has 12 atom stereocenters. The topological polar surface area (TPSA) is 305 Å². The van der Waals surface area contributed by atoms with Gasteiger partial charge in [-0.2, -0.15) is 0 Å². The van der Waals surface area contributed by atoms with Gasteiger partial charge in [0.25, 0.3) is 0 Å². The molecule has 20 nitrogen and oxygen atoms in total. The maximum atomic E-state index is 13.0.